The lowest BCUT2D eigenvalue weighted by Gasteiger charge is -2.39. The first-order valence-corrected chi connectivity index (χ1v) is 7.98. The third-order valence-electron chi connectivity index (χ3n) is 4.11. The van der Waals surface area contributed by atoms with Crippen molar-refractivity contribution in [3.63, 3.8) is 0 Å². The number of ether oxygens (including phenoxy) is 1. The second kappa shape index (κ2) is 5.38. The van der Waals surface area contributed by atoms with Gasteiger partial charge in [0, 0.05) is 43.9 Å². The molecule has 1 saturated heterocycles. The Balaban J connectivity index is 1.61. The summed E-state index contributed by atoms with van der Waals surface area (Å²) in [5.74, 6) is 0. The van der Waals surface area contributed by atoms with Crippen LogP contribution in [0.15, 0.2) is 6.20 Å². The van der Waals surface area contributed by atoms with Crippen molar-refractivity contribution >= 4 is 16.5 Å². The van der Waals surface area contributed by atoms with E-state index in [0.29, 0.717) is 0 Å². The zero-order chi connectivity index (χ0) is 13.3. The van der Waals surface area contributed by atoms with Crippen LogP contribution in [-0.2, 0) is 11.3 Å². The second-order valence-corrected chi connectivity index (χ2v) is 7.04. The summed E-state index contributed by atoms with van der Waals surface area (Å²) in [6, 6.07) is 0.761. The number of nitrogens with zero attached hydrogens (tertiary/aromatic N) is 2. The molecule has 19 heavy (non-hydrogen) atoms. The smallest absolute Gasteiger partial charge is 0.185 e. The topological polar surface area (TPSA) is 37.4 Å². The van der Waals surface area contributed by atoms with Crippen molar-refractivity contribution in [2.75, 3.05) is 25.1 Å². The highest BCUT2D eigenvalue weighted by atomic mass is 32.1. The zero-order valence-corrected chi connectivity index (χ0v) is 12.6. The summed E-state index contributed by atoms with van der Waals surface area (Å²) in [5.41, 5.74) is -0.0175. The number of thiazole rings is 1. The summed E-state index contributed by atoms with van der Waals surface area (Å²) in [4.78, 5) is 8.30. The molecule has 1 aliphatic heterocycles. The second-order valence-electron chi connectivity index (χ2n) is 5.94. The van der Waals surface area contributed by atoms with Crippen molar-refractivity contribution in [1.82, 2.24) is 10.3 Å². The highest BCUT2D eigenvalue weighted by Gasteiger charge is 2.32. The molecule has 2 aliphatic rings. The Morgan fingerprint density at radius 1 is 1.58 bits per heavy atom. The fourth-order valence-electron chi connectivity index (χ4n) is 2.59. The van der Waals surface area contributed by atoms with Crippen LogP contribution in [0.5, 0.6) is 0 Å². The largest absolute Gasteiger partial charge is 0.377 e. The van der Waals surface area contributed by atoms with Crippen molar-refractivity contribution in [1.29, 1.82) is 0 Å². The number of piperidine rings is 1. The molecule has 0 radical (unpaired) electrons. The van der Waals surface area contributed by atoms with E-state index in [1.807, 2.05) is 24.6 Å². The monoisotopic (exact) mass is 281 g/mol. The van der Waals surface area contributed by atoms with Crippen LogP contribution in [0.4, 0.5) is 5.13 Å². The number of methoxy groups -OCH3 is 1. The molecular formula is C14H23N3OS. The molecule has 0 bridgehead atoms. The zero-order valence-electron chi connectivity index (χ0n) is 11.8. The summed E-state index contributed by atoms with van der Waals surface area (Å²) >= 11 is 1.82. The fourth-order valence-corrected chi connectivity index (χ4v) is 3.48. The minimum absolute atomic E-state index is 0.0175. The van der Waals surface area contributed by atoms with E-state index >= 15 is 0 Å². The van der Waals surface area contributed by atoms with E-state index in [-0.39, 0.29) is 5.60 Å². The van der Waals surface area contributed by atoms with E-state index in [2.05, 4.69) is 22.1 Å². The van der Waals surface area contributed by atoms with Crippen LogP contribution in [0, 0.1) is 0 Å². The third kappa shape index (κ3) is 3.27. The Hall–Kier alpha value is -0.650. The van der Waals surface area contributed by atoms with E-state index in [0.717, 1.165) is 37.2 Å². The maximum atomic E-state index is 5.65. The van der Waals surface area contributed by atoms with Crippen LogP contribution in [0.3, 0.4) is 0 Å². The van der Waals surface area contributed by atoms with Gasteiger partial charge in [0.05, 0.1) is 5.60 Å². The molecule has 4 nitrogen and oxygen atoms in total. The minimum Gasteiger partial charge on any atom is -0.377 e. The quantitative estimate of drug-likeness (QED) is 0.899. The Morgan fingerprint density at radius 2 is 2.42 bits per heavy atom. The standard InChI is InChI=1S/C14H23N3OS/c1-14(18-2)6-3-7-17(10-14)13-16-9-12(19-13)8-15-11-4-5-11/h9,11,15H,3-8,10H2,1-2H3. The molecule has 1 aromatic rings. The molecule has 106 valence electrons. The van der Waals surface area contributed by atoms with E-state index in [9.17, 15) is 0 Å². The van der Waals surface area contributed by atoms with Crippen LogP contribution in [0.25, 0.3) is 0 Å². The predicted molar refractivity (Wildman–Crippen MR) is 78.8 cm³/mol. The van der Waals surface area contributed by atoms with Crippen molar-refractivity contribution in [3.8, 4) is 0 Å². The van der Waals surface area contributed by atoms with E-state index in [1.165, 1.54) is 24.1 Å². The summed E-state index contributed by atoms with van der Waals surface area (Å²) in [6.07, 6.45) is 7.02. The van der Waals surface area contributed by atoms with Gasteiger partial charge in [-0.2, -0.15) is 0 Å². The van der Waals surface area contributed by atoms with Gasteiger partial charge in [-0.15, -0.1) is 11.3 Å². The van der Waals surface area contributed by atoms with Gasteiger partial charge in [0.25, 0.3) is 0 Å². The maximum absolute atomic E-state index is 5.65. The van der Waals surface area contributed by atoms with Gasteiger partial charge in [-0.25, -0.2) is 4.98 Å². The highest BCUT2D eigenvalue weighted by molar-refractivity contribution is 7.15. The van der Waals surface area contributed by atoms with E-state index in [4.69, 9.17) is 4.74 Å². The molecule has 1 saturated carbocycles. The summed E-state index contributed by atoms with van der Waals surface area (Å²) in [6.45, 7) is 5.22. The summed E-state index contributed by atoms with van der Waals surface area (Å²) in [5, 5.41) is 4.69. The Morgan fingerprint density at radius 3 is 3.16 bits per heavy atom. The average Bonchev–Trinajstić information content (AvgIpc) is 3.13. The molecule has 5 heteroatoms. The number of aromatic nitrogens is 1. The first-order chi connectivity index (χ1) is 9.18. The number of hydrogen-bond donors (Lipinski definition) is 1. The van der Waals surface area contributed by atoms with Crippen LogP contribution in [0.1, 0.15) is 37.5 Å². The molecule has 3 rings (SSSR count). The number of nitrogens with one attached hydrogen (secondary N) is 1. The molecule has 1 N–H and O–H groups in total. The lowest BCUT2D eigenvalue weighted by atomic mass is 9.95. The molecule has 0 spiro atoms. The molecular weight excluding hydrogens is 258 g/mol. The molecule has 2 fully saturated rings. The minimum atomic E-state index is -0.0175. The van der Waals surface area contributed by atoms with Crippen LogP contribution >= 0.6 is 11.3 Å². The Kier molecular flexibility index (Phi) is 3.78. The lowest BCUT2D eigenvalue weighted by Crippen LogP contribution is -2.47. The van der Waals surface area contributed by atoms with Crippen LogP contribution in [0.2, 0.25) is 0 Å². The predicted octanol–water partition coefficient (Wildman–Crippen LogP) is 2.40. The first kappa shape index (κ1) is 13.3. The van der Waals surface area contributed by atoms with Crippen LogP contribution < -0.4 is 10.2 Å². The van der Waals surface area contributed by atoms with Gasteiger partial charge >= 0.3 is 0 Å². The van der Waals surface area contributed by atoms with Gasteiger partial charge in [0.1, 0.15) is 0 Å². The van der Waals surface area contributed by atoms with E-state index in [1.54, 1.807) is 0 Å². The number of anilines is 1. The molecule has 2 heterocycles. The fraction of sp³-hybridized carbons (Fsp3) is 0.786. The maximum Gasteiger partial charge on any atom is 0.185 e. The van der Waals surface area contributed by atoms with Gasteiger partial charge < -0.3 is 15.0 Å². The Labute approximate surface area is 119 Å². The van der Waals surface area contributed by atoms with Gasteiger partial charge in [0.2, 0.25) is 0 Å². The molecule has 1 aromatic heterocycles. The van der Waals surface area contributed by atoms with Crippen molar-refractivity contribution in [2.24, 2.45) is 0 Å². The normalized spacial score (nSPS) is 27.8. The summed E-state index contributed by atoms with van der Waals surface area (Å²) in [7, 11) is 1.82. The molecule has 0 amide bonds. The molecule has 1 aliphatic carbocycles. The highest BCUT2D eigenvalue weighted by Crippen LogP contribution is 2.31. The van der Waals surface area contributed by atoms with Gasteiger partial charge in [-0.3, -0.25) is 0 Å². The van der Waals surface area contributed by atoms with Crippen molar-refractivity contribution < 1.29 is 4.74 Å². The first-order valence-electron chi connectivity index (χ1n) is 7.17. The number of hydrogen-bond acceptors (Lipinski definition) is 5. The molecule has 1 atom stereocenters. The molecule has 1 unspecified atom stereocenters. The van der Waals surface area contributed by atoms with Crippen molar-refractivity contribution in [3.05, 3.63) is 11.1 Å². The average molecular weight is 281 g/mol. The SMILES string of the molecule is COC1(C)CCCN(c2ncc(CNC3CC3)s2)C1. The van der Waals surface area contributed by atoms with Crippen molar-refractivity contribution in [2.45, 2.75) is 50.8 Å². The van der Waals surface area contributed by atoms with Gasteiger partial charge in [-0.05, 0) is 32.6 Å². The van der Waals surface area contributed by atoms with Gasteiger partial charge in [0.15, 0.2) is 5.13 Å². The number of rotatable bonds is 5. The van der Waals surface area contributed by atoms with Gasteiger partial charge in [-0.1, -0.05) is 0 Å². The third-order valence-corrected chi connectivity index (χ3v) is 5.16. The van der Waals surface area contributed by atoms with Crippen LogP contribution in [-0.4, -0.2) is 36.8 Å². The molecule has 0 aromatic carbocycles. The summed E-state index contributed by atoms with van der Waals surface area (Å²) < 4.78 is 5.65. The lowest BCUT2D eigenvalue weighted by molar-refractivity contribution is -0.00466. The van der Waals surface area contributed by atoms with E-state index < -0.39 is 0 Å². The Bertz CT molecular complexity index is 432.